The van der Waals surface area contributed by atoms with Gasteiger partial charge >= 0.3 is 0 Å². The van der Waals surface area contributed by atoms with Crippen LogP contribution in [0.3, 0.4) is 0 Å². The van der Waals surface area contributed by atoms with Gasteiger partial charge in [-0.05, 0) is 29.5 Å². The number of H-pyrrole nitrogens is 1. The van der Waals surface area contributed by atoms with Crippen LogP contribution < -0.4 is 10.6 Å². The maximum absolute atomic E-state index is 12.5. The predicted molar refractivity (Wildman–Crippen MR) is 99.3 cm³/mol. The molecule has 0 fully saturated rings. The molecule has 3 N–H and O–H groups in total. The molecule has 0 bridgehead atoms. The highest BCUT2D eigenvalue weighted by Gasteiger charge is 2.11. The van der Waals surface area contributed by atoms with Crippen LogP contribution in [0.2, 0.25) is 0 Å². The number of carbonyl (C=O) groups is 1. The van der Waals surface area contributed by atoms with Crippen molar-refractivity contribution in [1.29, 1.82) is 0 Å². The first-order chi connectivity index (χ1) is 13.3. The zero-order valence-corrected chi connectivity index (χ0v) is 14.0. The van der Waals surface area contributed by atoms with E-state index in [0.717, 1.165) is 11.3 Å². The van der Waals surface area contributed by atoms with Crippen LogP contribution in [0.5, 0.6) is 0 Å². The van der Waals surface area contributed by atoms with E-state index in [1.54, 1.807) is 24.3 Å². The highest BCUT2D eigenvalue weighted by molar-refractivity contribution is 6.03. The van der Waals surface area contributed by atoms with Gasteiger partial charge in [-0.25, -0.2) is 9.97 Å². The van der Waals surface area contributed by atoms with E-state index in [1.165, 1.54) is 6.33 Å². The second kappa shape index (κ2) is 7.40. The highest BCUT2D eigenvalue weighted by atomic mass is 16.1. The summed E-state index contributed by atoms with van der Waals surface area (Å²) in [5.74, 6) is 0.628. The molecule has 132 valence electrons. The number of anilines is 3. The maximum Gasteiger partial charge on any atom is 0.274 e. The third-order valence-corrected chi connectivity index (χ3v) is 3.67. The number of nitrogens with zero attached hydrogens (tertiary/aromatic N) is 5. The van der Waals surface area contributed by atoms with Gasteiger partial charge < -0.3 is 10.6 Å². The lowest BCUT2D eigenvalue weighted by atomic mass is 10.2. The number of tetrazole rings is 1. The monoisotopic (exact) mass is 358 g/mol. The Kier molecular flexibility index (Phi) is 4.48. The Morgan fingerprint density at radius 2 is 1.78 bits per heavy atom. The Bertz CT molecular complexity index is 1050. The number of amides is 1. The van der Waals surface area contributed by atoms with E-state index in [9.17, 15) is 4.79 Å². The van der Waals surface area contributed by atoms with Crippen molar-refractivity contribution in [2.75, 3.05) is 10.6 Å². The fraction of sp³-hybridized carbons (Fsp3) is 0. The number of hydrogen-bond acceptors (Lipinski definition) is 7. The number of aromatic nitrogens is 6. The Hall–Kier alpha value is -4.14. The fourth-order valence-corrected chi connectivity index (χ4v) is 2.43. The Balaban J connectivity index is 1.50. The van der Waals surface area contributed by atoms with Crippen LogP contribution in [0, 0.1) is 0 Å². The molecule has 0 unspecified atom stereocenters. The van der Waals surface area contributed by atoms with E-state index in [4.69, 9.17) is 0 Å². The molecule has 2 heterocycles. The Morgan fingerprint density at radius 3 is 2.59 bits per heavy atom. The molecule has 2 aromatic heterocycles. The van der Waals surface area contributed by atoms with Gasteiger partial charge in [0.1, 0.15) is 17.8 Å². The quantitative estimate of drug-likeness (QED) is 0.501. The van der Waals surface area contributed by atoms with E-state index >= 15 is 0 Å². The van der Waals surface area contributed by atoms with E-state index < -0.39 is 0 Å². The van der Waals surface area contributed by atoms with Gasteiger partial charge in [0.2, 0.25) is 5.82 Å². The van der Waals surface area contributed by atoms with E-state index in [2.05, 4.69) is 41.2 Å². The van der Waals surface area contributed by atoms with Crippen molar-refractivity contribution >= 4 is 23.1 Å². The smallest absolute Gasteiger partial charge is 0.274 e. The van der Waals surface area contributed by atoms with Crippen molar-refractivity contribution in [2.45, 2.75) is 0 Å². The van der Waals surface area contributed by atoms with Gasteiger partial charge in [0, 0.05) is 23.0 Å². The minimum atomic E-state index is -0.348. The molecule has 0 aliphatic carbocycles. The van der Waals surface area contributed by atoms with Crippen molar-refractivity contribution in [1.82, 2.24) is 30.6 Å². The highest BCUT2D eigenvalue weighted by Crippen LogP contribution is 2.19. The molecule has 0 aliphatic heterocycles. The maximum atomic E-state index is 12.5. The summed E-state index contributed by atoms with van der Waals surface area (Å²) >= 11 is 0. The van der Waals surface area contributed by atoms with Gasteiger partial charge in [-0.2, -0.15) is 5.21 Å². The first kappa shape index (κ1) is 16.3. The molecule has 4 rings (SSSR count). The molecule has 0 radical (unpaired) electrons. The molecule has 0 spiro atoms. The molecule has 9 nitrogen and oxygen atoms in total. The van der Waals surface area contributed by atoms with Crippen LogP contribution in [-0.2, 0) is 0 Å². The number of nitrogens with one attached hydrogen (secondary N) is 3. The minimum absolute atomic E-state index is 0.244. The lowest BCUT2D eigenvalue weighted by Crippen LogP contribution is -2.14. The average molecular weight is 358 g/mol. The van der Waals surface area contributed by atoms with Gasteiger partial charge in [-0.15, -0.1) is 10.2 Å². The SMILES string of the molecule is O=C(Nc1cccc(-c2nn[nH]n2)c1)c1cc(Nc2ccccc2)ncn1. The molecule has 4 aromatic rings. The number of hydrogen-bond donors (Lipinski definition) is 3. The summed E-state index contributed by atoms with van der Waals surface area (Å²) in [6, 6.07) is 18.3. The molecular weight excluding hydrogens is 344 g/mol. The van der Waals surface area contributed by atoms with E-state index in [0.29, 0.717) is 17.3 Å². The Morgan fingerprint density at radius 1 is 0.926 bits per heavy atom. The number of carbonyl (C=O) groups excluding carboxylic acids is 1. The Labute approximate surface area is 153 Å². The largest absolute Gasteiger partial charge is 0.340 e. The summed E-state index contributed by atoms with van der Waals surface area (Å²) in [7, 11) is 0. The van der Waals surface area contributed by atoms with Gasteiger partial charge in [0.15, 0.2) is 0 Å². The summed E-state index contributed by atoms with van der Waals surface area (Å²) in [5.41, 5.74) is 2.44. The summed E-state index contributed by atoms with van der Waals surface area (Å²) in [6.45, 7) is 0. The van der Waals surface area contributed by atoms with Crippen LogP contribution in [0.15, 0.2) is 67.0 Å². The lowest BCUT2D eigenvalue weighted by molar-refractivity contribution is 0.102. The summed E-state index contributed by atoms with van der Waals surface area (Å²) < 4.78 is 0. The standard InChI is InChI=1S/C18H14N8O/c27-18(22-14-8-4-5-12(9-14)17-23-25-26-24-17)15-10-16(20-11-19-15)21-13-6-2-1-3-7-13/h1-11H,(H,22,27)(H,19,20,21)(H,23,24,25,26). The average Bonchev–Trinajstić information content (AvgIpc) is 3.24. The van der Waals surface area contributed by atoms with E-state index in [-0.39, 0.29) is 11.6 Å². The number of aromatic amines is 1. The van der Waals surface area contributed by atoms with Crippen molar-refractivity contribution < 1.29 is 4.79 Å². The first-order valence-electron chi connectivity index (χ1n) is 8.07. The fourth-order valence-electron chi connectivity index (χ4n) is 2.43. The molecule has 0 saturated heterocycles. The molecule has 9 heteroatoms. The van der Waals surface area contributed by atoms with Crippen LogP contribution >= 0.6 is 0 Å². The van der Waals surface area contributed by atoms with Gasteiger partial charge in [0.25, 0.3) is 5.91 Å². The molecule has 1 amide bonds. The first-order valence-corrected chi connectivity index (χ1v) is 8.07. The van der Waals surface area contributed by atoms with Crippen molar-refractivity contribution in [2.24, 2.45) is 0 Å². The molecule has 0 saturated carbocycles. The van der Waals surface area contributed by atoms with Crippen LogP contribution in [-0.4, -0.2) is 36.5 Å². The van der Waals surface area contributed by atoms with Crippen molar-refractivity contribution in [3.8, 4) is 11.4 Å². The third kappa shape index (κ3) is 3.93. The summed E-state index contributed by atoms with van der Waals surface area (Å²) in [6.07, 6.45) is 1.34. The number of para-hydroxylation sites is 1. The molecule has 0 atom stereocenters. The van der Waals surface area contributed by atoms with Crippen LogP contribution in [0.25, 0.3) is 11.4 Å². The molecule has 0 aliphatic rings. The molecule has 27 heavy (non-hydrogen) atoms. The van der Waals surface area contributed by atoms with Crippen LogP contribution in [0.4, 0.5) is 17.2 Å². The number of rotatable bonds is 5. The van der Waals surface area contributed by atoms with Gasteiger partial charge in [-0.3, -0.25) is 4.79 Å². The van der Waals surface area contributed by atoms with Crippen molar-refractivity contribution in [3.05, 3.63) is 72.7 Å². The molecular formula is C18H14N8O. The van der Waals surface area contributed by atoms with Gasteiger partial charge in [0.05, 0.1) is 0 Å². The normalized spacial score (nSPS) is 10.4. The summed E-state index contributed by atoms with van der Waals surface area (Å²) in [4.78, 5) is 20.7. The molecule has 2 aromatic carbocycles. The topological polar surface area (TPSA) is 121 Å². The summed E-state index contributed by atoms with van der Waals surface area (Å²) in [5, 5.41) is 19.7. The lowest BCUT2D eigenvalue weighted by Gasteiger charge is -2.08. The number of benzene rings is 2. The van der Waals surface area contributed by atoms with Gasteiger partial charge in [-0.1, -0.05) is 30.3 Å². The zero-order chi connectivity index (χ0) is 18.5. The van der Waals surface area contributed by atoms with Crippen LogP contribution in [0.1, 0.15) is 10.5 Å². The second-order valence-corrected chi connectivity index (χ2v) is 5.55. The van der Waals surface area contributed by atoms with E-state index in [1.807, 2.05) is 36.4 Å². The minimum Gasteiger partial charge on any atom is -0.340 e. The predicted octanol–water partition coefficient (Wildman–Crippen LogP) is 2.65. The third-order valence-electron chi connectivity index (χ3n) is 3.67. The van der Waals surface area contributed by atoms with Crippen molar-refractivity contribution in [3.63, 3.8) is 0 Å². The second-order valence-electron chi connectivity index (χ2n) is 5.55. The zero-order valence-electron chi connectivity index (χ0n) is 14.0.